The molecule has 1 fully saturated rings. The molecule has 1 aromatic carbocycles. The van der Waals surface area contributed by atoms with E-state index in [1.165, 1.54) is 13.0 Å². The largest absolute Gasteiger partial charge is 0.406 e. The highest BCUT2D eigenvalue weighted by atomic mass is 19.4. The van der Waals surface area contributed by atoms with Crippen LogP contribution in [0.4, 0.5) is 17.6 Å². The summed E-state index contributed by atoms with van der Waals surface area (Å²) in [6.07, 6.45) is -2.46. The first-order chi connectivity index (χ1) is 14.0. The average molecular weight is 427 g/mol. The van der Waals surface area contributed by atoms with E-state index in [0.29, 0.717) is 35.4 Å². The van der Waals surface area contributed by atoms with E-state index in [-0.39, 0.29) is 23.0 Å². The zero-order chi connectivity index (χ0) is 22.2. The highest BCUT2D eigenvalue weighted by Crippen LogP contribution is 2.35. The molecule has 2 heterocycles. The second-order valence-corrected chi connectivity index (χ2v) is 7.84. The van der Waals surface area contributed by atoms with Crippen molar-refractivity contribution in [2.75, 3.05) is 26.7 Å². The number of aromatic amines is 1. The molecule has 5 nitrogen and oxygen atoms in total. The Kier molecular flexibility index (Phi) is 6.10. The molecule has 1 aliphatic heterocycles. The minimum absolute atomic E-state index is 0.0580. The number of carbonyl (C=O) groups is 2. The van der Waals surface area contributed by atoms with Gasteiger partial charge in [-0.05, 0) is 36.5 Å². The number of fused-ring (bicyclic) bond motifs is 1. The molecule has 0 aliphatic carbocycles. The lowest BCUT2D eigenvalue weighted by Crippen LogP contribution is -2.37. The maximum atomic E-state index is 15.4. The lowest BCUT2D eigenvalue weighted by atomic mass is 9.88. The Labute approximate surface area is 172 Å². The molecule has 1 unspecified atom stereocenters. The summed E-state index contributed by atoms with van der Waals surface area (Å²) in [7, 11) is 1.06. The van der Waals surface area contributed by atoms with E-state index in [4.69, 9.17) is 0 Å². The predicted molar refractivity (Wildman–Crippen MR) is 105 cm³/mol. The molecular weight excluding hydrogens is 402 g/mol. The number of carbonyl (C=O) groups excluding carboxylic acids is 2. The van der Waals surface area contributed by atoms with Crippen molar-refractivity contribution in [3.8, 4) is 0 Å². The van der Waals surface area contributed by atoms with Crippen molar-refractivity contribution in [3.63, 3.8) is 0 Å². The van der Waals surface area contributed by atoms with Gasteiger partial charge in [-0.2, -0.15) is 13.2 Å². The number of H-pyrrole nitrogens is 1. The normalized spacial score (nSPS) is 17.4. The number of hydrogen-bond acceptors (Lipinski definition) is 2. The molecular formula is C21H25F4N3O2. The highest BCUT2D eigenvalue weighted by molar-refractivity contribution is 5.99. The Morgan fingerprint density at radius 1 is 1.30 bits per heavy atom. The number of halogens is 4. The molecule has 2 aromatic rings. The average Bonchev–Trinajstić information content (AvgIpc) is 3.12. The van der Waals surface area contributed by atoms with Crippen LogP contribution in [0.25, 0.3) is 10.9 Å². The molecule has 9 heteroatoms. The van der Waals surface area contributed by atoms with Gasteiger partial charge >= 0.3 is 6.18 Å². The quantitative estimate of drug-likeness (QED) is 0.743. The molecule has 3 rings (SSSR count). The van der Waals surface area contributed by atoms with Gasteiger partial charge in [0, 0.05) is 38.4 Å². The molecule has 1 aromatic heterocycles. The second kappa shape index (κ2) is 8.28. The van der Waals surface area contributed by atoms with E-state index in [1.54, 1.807) is 11.0 Å². The summed E-state index contributed by atoms with van der Waals surface area (Å²) in [6.45, 7) is 3.05. The van der Waals surface area contributed by atoms with Crippen LogP contribution in [0.2, 0.25) is 0 Å². The first-order valence-corrected chi connectivity index (χ1v) is 9.93. The first kappa shape index (κ1) is 22.1. The van der Waals surface area contributed by atoms with Gasteiger partial charge in [-0.3, -0.25) is 9.59 Å². The summed E-state index contributed by atoms with van der Waals surface area (Å²) in [6, 6.07) is 3.17. The number of amides is 2. The molecule has 1 aliphatic rings. The van der Waals surface area contributed by atoms with Gasteiger partial charge in [0.1, 0.15) is 12.2 Å². The summed E-state index contributed by atoms with van der Waals surface area (Å²) < 4.78 is 53.3. The maximum Gasteiger partial charge on any atom is 0.406 e. The Morgan fingerprint density at radius 2 is 2.00 bits per heavy atom. The van der Waals surface area contributed by atoms with Gasteiger partial charge in [-0.25, -0.2) is 4.39 Å². The van der Waals surface area contributed by atoms with Crippen molar-refractivity contribution < 1.29 is 27.2 Å². The minimum Gasteiger partial charge on any atom is -0.348 e. The molecule has 0 saturated carbocycles. The van der Waals surface area contributed by atoms with Crippen molar-refractivity contribution in [3.05, 3.63) is 34.8 Å². The van der Waals surface area contributed by atoms with Crippen molar-refractivity contribution in [2.24, 2.45) is 0 Å². The Hall–Kier alpha value is -2.58. The molecule has 30 heavy (non-hydrogen) atoms. The van der Waals surface area contributed by atoms with Gasteiger partial charge in [0.25, 0.3) is 5.91 Å². The van der Waals surface area contributed by atoms with E-state index in [0.717, 1.165) is 25.5 Å². The summed E-state index contributed by atoms with van der Waals surface area (Å²) in [5.74, 6) is -1.60. The topological polar surface area (TPSA) is 56.4 Å². The van der Waals surface area contributed by atoms with Gasteiger partial charge in [0.15, 0.2) is 5.82 Å². The van der Waals surface area contributed by atoms with Crippen LogP contribution in [0.5, 0.6) is 0 Å². The van der Waals surface area contributed by atoms with Crippen LogP contribution >= 0.6 is 0 Å². The van der Waals surface area contributed by atoms with Crippen molar-refractivity contribution in [1.82, 2.24) is 14.8 Å². The summed E-state index contributed by atoms with van der Waals surface area (Å²) in [4.78, 5) is 29.1. The Morgan fingerprint density at radius 3 is 2.60 bits per heavy atom. The SMILES string of the molecule is CCc1cc(C2CCCN(C(C)=O)C2)c(F)c2[nH]c(C(=O)N(C)CC(F)(F)F)cc12. The zero-order valence-corrected chi connectivity index (χ0v) is 17.2. The fraction of sp³-hybridized carbons (Fsp3) is 0.524. The van der Waals surface area contributed by atoms with Crippen molar-refractivity contribution in [2.45, 2.75) is 45.2 Å². The fourth-order valence-electron chi connectivity index (χ4n) is 4.12. The number of nitrogens with zero attached hydrogens (tertiary/aromatic N) is 2. The lowest BCUT2D eigenvalue weighted by molar-refractivity contribution is -0.138. The third-order valence-electron chi connectivity index (χ3n) is 5.65. The van der Waals surface area contributed by atoms with E-state index >= 15 is 4.39 Å². The molecule has 0 bridgehead atoms. The number of piperidine rings is 1. The molecule has 0 spiro atoms. The predicted octanol–water partition coefficient (Wildman–Crippen LogP) is 4.23. The summed E-state index contributed by atoms with van der Waals surface area (Å²) in [5.41, 5.74) is 1.30. The van der Waals surface area contributed by atoms with Crippen LogP contribution in [-0.2, 0) is 11.2 Å². The van der Waals surface area contributed by atoms with Crippen LogP contribution in [0.3, 0.4) is 0 Å². The maximum absolute atomic E-state index is 15.4. The van der Waals surface area contributed by atoms with Gasteiger partial charge in [-0.1, -0.05) is 13.0 Å². The number of nitrogens with one attached hydrogen (secondary N) is 1. The standard InChI is InChI=1S/C21H25F4N3O2/c1-4-13-8-15(14-6-5-7-28(10-14)12(2)29)18(22)19-16(13)9-17(26-19)20(30)27(3)11-21(23,24)25/h8-9,14,26H,4-7,10-11H2,1-3H3. The Bertz CT molecular complexity index is 967. The summed E-state index contributed by atoms with van der Waals surface area (Å²) >= 11 is 0. The van der Waals surface area contributed by atoms with E-state index in [9.17, 15) is 22.8 Å². The number of aromatic nitrogens is 1. The van der Waals surface area contributed by atoms with Gasteiger partial charge < -0.3 is 14.8 Å². The van der Waals surface area contributed by atoms with Crippen molar-refractivity contribution in [1.29, 1.82) is 0 Å². The van der Waals surface area contributed by atoms with E-state index in [1.807, 2.05) is 6.92 Å². The molecule has 1 saturated heterocycles. The van der Waals surface area contributed by atoms with Crippen LogP contribution in [-0.4, -0.2) is 59.5 Å². The molecule has 0 radical (unpaired) electrons. The smallest absolute Gasteiger partial charge is 0.348 e. The third-order valence-corrected chi connectivity index (χ3v) is 5.65. The first-order valence-electron chi connectivity index (χ1n) is 9.93. The number of benzene rings is 1. The van der Waals surface area contributed by atoms with Crippen LogP contribution in [0, 0.1) is 5.82 Å². The number of likely N-dealkylation sites (tertiary alicyclic amines) is 1. The number of rotatable bonds is 4. The molecule has 164 valence electrons. The number of hydrogen-bond donors (Lipinski definition) is 1. The van der Waals surface area contributed by atoms with Crippen LogP contribution in [0.1, 0.15) is 54.2 Å². The Balaban J connectivity index is 2.00. The van der Waals surface area contributed by atoms with Crippen molar-refractivity contribution >= 4 is 22.7 Å². The van der Waals surface area contributed by atoms with Gasteiger partial charge in [0.05, 0.1) is 5.52 Å². The minimum atomic E-state index is -4.52. The van der Waals surface area contributed by atoms with Crippen LogP contribution < -0.4 is 0 Å². The monoisotopic (exact) mass is 427 g/mol. The summed E-state index contributed by atoms with van der Waals surface area (Å²) in [5, 5.41) is 0.488. The van der Waals surface area contributed by atoms with E-state index in [2.05, 4.69) is 4.98 Å². The van der Waals surface area contributed by atoms with Crippen LogP contribution in [0.15, 0.2) is 12.1 Å². The molecule has 1 N–H and O–H groups in total. The number of aryl methyl sites for hydroxylation is 1. The van der Waals surface area contributed by atoms with Gasteiger partial charge in [-0.15, -0.1) is 0 Å². The number of alkyl halides is 3. The van der Waals surface area contributed by atoms with Gasteiger partial charge in [0.2, 0.25) is 5.91 Å². The zero-order valence-electron chi connectivity index (χ0n) is 17.2. The molecule has 2 amide bonds. The fourth-order valence-corrected chi connectivity index (χ4v) is 4.12. The highest BCUT2D eigenvalue weighted by Gasteiger charge is 2.32. The second-order valence-electron chi connectivity index (χ2n) is 7.84. The third kappa shape index (κ3) is 4.44. The lowest BCUT2D eigenvalue weighted by Gasteiger charge is -2.32. The van der Waals surface area contributed by atoms with E-state index < -0.39 is 24.4 Å². The molecule has 1 atom stereocenters.